The molecule has 0 unspecified atom stereocenters. The number of rotatable bonds is 3. The molecule has 1 aromatic rings. The molecule has 90 valence electrons. The van der Waals surface area contributed by atoms with Gasteiger partial charge in [0.2, 0.25) is 5.91 Å². The van der Waals surface area contributed by atoms with Gasteiger partial charge in [0.05, 0.1) is 11.4 Å². The fraction of sp³-hybridized carbons (Fsp3) is 0.333. The predicted octanol–water partition coefficient (Wildman–Crippen LogP) is 1.93. The van der Waals surface area contributed by atoms with Gasteiger partial charge in [-0.3, -0.25) is 14.5 Å². The van der Waals surface area contributed by atoms with Gasteiger partial charge in [0, 0.05) is 17.6 Å². The molecule has 2 rings (SSSR count). The van der Waals surface area contributed by atoms with Crippen molar-refractivity contribution in [1.82, 2.24) is 0 Å². The Bertz CT molecular complexity index is 473. The van der Waals surface area contributed by atoms with Crippen LogP contribution in [0.1, 0.15) is 17.3 Å². The molecular weight excluding hydrogens is 238 g/mol. The summed E-state index contributed by atoms with van der Waals surface area (Å²) in [6.07, 6.45) is 0. The monoisotopic (exact) mass is 251 g/mol. The summed E-state index contributed by atoms with van der Waals surface area (Å²) in [6.45, 7) is 1.73. The van der Waals surface area contributed by atoms with Crippen LogP contribution < -0.4 is 4.90 Å². The van der Waals surface area contributed by atoms with Gasteiger partial charge in [-0.2, -0.15) is 0 Å². The Morgan fingerprint density at radius 2 is 2.29 bits per heavy atom. The van der Waals surface area contributed by atoms with Crippen molar-refractivity contribution < 1.29 is 14.3 Å². The molecule has 0 aliphatic carbocycles. The van der Waals surface area contributed by atoms with Crippen LogP contribution in [0.3, 0.4) is 0 Å². The molecule has 0 bridgehead atoms. The molecule has 1 aliphatic rings. The van der Waals surface area contributed by atoms with Gasteiger partial charge >= 0.3 is 0 Å². The topological polar surface area (TPSA) is 46.6 Å². The molecule has 1 heterocycles. The van der Waals surface area contributed by atoms with E-state index < -0.39 is 0 Å². The summed E-state index contributed by atoms with van der Waals surface area (Å²) >= 11 is 1.49. The Hall–Kier alpha value is -1.33. The highest BCUT2D eigenvalue weighted by Crippen LogP contribution is 2.35. The van der Waals surface area contributed by atoms with Crippen LogP contribution in [0.25, 0.3) is 0 Å². The molecule has 0 radical (unpaired) electrons. The number of thioether (sulfide) groups is 1. The zero-order valence-corrected chi connectivity index (χ0v) is 10.5. The second-order valence-corrected chi connectivity index (χ2v) is 4.78. The molecule has 0 N–H and O–H groups in total. The zero-order valence-electron chi connectivity index (χ0n) is 9.73. The van der Waals surface area contributed by atoms with Crippen molar-refractivity contribution in [3.05, 3.63) is 23.8 Å². The summed E-state index contributed by atoms with van der Waals surface area (Å²) in [5.41, 5.74) is 1.38. The van der Waals surface area contributed by atoms with Gasteiger partial charge < -0.3 is 4.74 Å². The van der Waals surface area contributed by atoms with E-state index in [2.05, 4.69) is 0 Å². The summed E-state index contributed by atoms with van der Waals surface area (Å²) in [7, 11) is 1.55. The molecule has 17 heavy (non-hydrogen) atoms. The molecule has 0 aromatic heterocycles. The normalized spacial score (nSPS) is 14.7. The van der Waals surface area contributed by atoms with Crippen molar-refractivity contribution in [1.29, 1.82) is 0 Å². The lowest BCUT2D eigenvalue weighted by Gasteiger charge is -2.28. The predicted molar refractivity (Wildman–Crippen MR) is 66.5 cm³/mol. The molecule has 5 heteroatoms. The van der Waals surface area contributed by atoms with Crippen LogP contribution in [0.4, 0.5) is 5.69 Å². The first kappa shape index (κ1) is 12.1. The number of nitrogens with zero attached hydrogens (tertiary/aromatic N) is 1. The molecule has 0 saturated heterocycles. The lowest BCUT2D eigenvalue weighted by Crippen LogP contribution is -2.36. The van der Waals surface area contributed by atoms with E-state index in [4.69, 9.17) is 4.74 Å². The van der Waals surface area contributed by atoms with Crippen molar-refractivity contribution >= 4 is 29.1 Å². The van der Waals surface area contributed by atoms with Crippen LogP contribution in [0.5, 0.6) is 0 Å². The average Bonchev–Trinajstić information content (AvgIpc) is 2.32. The van der Waals surface area contributed by atoms with Gasteiger partial charge in [-0.15, -0.1) is 11.8 Å². The van der Waals surface area contributed by atoms with Crippen molar-refractivity contribution in [3.63, 3.8) is 0 Å². The number of benzene rings is 1. The van der Waals surface area contributed by atoms with E-state index >= 15 is 0 Å². The minimum atomic E-state index is -0.00631. The molecular formula is C12H13NO3S. The van der Waals surface area contributed by atoms with Crippen molar-refractivity contribution in [2.75, 3.05) is 24.5 Å². The summed E-state index contributed by atoms with van der Waals surface area (Å²) in [6, 6.07) is 5.42. The van der Waals surface area contributed by atoms with Crippen LogP contribution >= 0.6 is 11.8 Å². The van der Waals surface area contributed by atoms with E-state index in [1.807, 2.05) is 6.07 Å². The quantitative estimate of drug-likeness (QED) is 0.770. The number of methoxy groups -OCH3 is 1. The van der Waals surface area contributed by atoms with E-state index in [0.29, 0.717) is 11.3 Å². The van der Waals surface area contributed by atoms with Gasteiger partial charge in [-0.25, -0.2) is 0 Å². The van der Waals surface area contributed by atoms with Crippen LogP contribution in [-0.4, -0.2) is 31.3 Å². The van der Waals surface area contributed by atoms with Gasteiger partial charge in [0.15, 0.2) is 5.78 Å². The third-order valence-corrected chi connectivity index (χ3v) is 3.61. The molecule has 1 amide bonds. The number of hydrogen-bond acceptors (Lipinski definition) is 4. The minimum absolute atomic E-state index is 0.00468. The number of ether oxygens (including phenoxy) is 1. The zero-order chi connectivity index (χ0) is 12.4. The first-order valence-corrected chi connectivity index (χ1v) is 6.19. The minimum Gasteiger partial charge on any atom is -0.364 e. The number of ketones is 1. The lowest BCUT2D eigenvalue weighted by molar-refractivity contribution is -0.117. The highest BCUT2D eigenvalue weighted by molar-refractivity contribution is 8.00. The second kappa shape index (κ2) is 4.89. The lowest BCUT2D eigenvalue weighted by atomic mass is 10.1. The third-order valence-electron chi connectivity index (χ3n) is 2.57. The van der Waals surface area contributed by atoms with Gasteiger partial charge in [0.1, 0.15) is 6.73 Å². The number of anilines is 1. The van der Waals surface area contributed by atoms with Crippen LogP contribution in [-0.2, 0) is 9.53 Å². The van der Waals surface area contributed by atoms with E-state index in [9.17, 15) is 9.59 Å². The smallest absolute Gasteiger partial charge is 0.239 e. The van der Waals surface area contributed by atoms with E-state index in [1.165, 1.54) is 18.7 Å². The summed E-state index contributed by atoms with van der Waals surface area (Å²) in [5, 5.41) is 0. The van der Waals surface area contributed by atoms with Crippen LogP contribution in [0.15, 0.2) is 23.1 Å². The standard InChI is InChI=1S/C12H13NO3S/c1-8(14)9-3-4-11-10(5-9)13(7-16-2)12(15)6-17-11/h3-5H,6-7H2,1-2H3. The SMILES string of the molecule is COCN1C(=O)CSc2ccc(C(C)=O)cc21. The van der Waals surface area contributed by atoms with Crippen molar-refractivity contribution in [3.8, 4) is 0 Å². The fourth-order valence-corrected chi connectivity index (χ4v) is 2.61. The van der Waals surface area contributed by atoms with Gasteiger partial charge in [0.25, 0.3) is 0 Å². The van der Waals surface area contributed by atoms with Crippen molar-refractivity contribution in [2.45, 2.75) is 11.8 Å². The maximum absolute atomic E-state index is 11.8. The number of amides is 1. The maximum Gasteiger partial charge on any atom is 0.239 e. The second-order valence-electron chi connectivity index (χ2n) is 3.77. The Balaban J connectivity index is 2.44. The number of fused-ring (bicyclic) bond motifs is 1. The number of hydrogen-bond donors (Lipinski definition) is 0. The summed E-state index contributed by atoms with van der Waals surface area (Å²) < 4.78 is 5.02. The van der Waals surface area contributed by atoms with E-state index in [0.717, 1.165) is 10.6 Å². The van der Waals surface area contributed by atoms with E-state index in [1.54, 1.807) is 24.1 Å². The Labute approximate surface area is 104 Å². The Morgan fingerprint density at radius 3 is 2.94 bits per heavy atom. The number of carbonyl (C=O) groups excluding carboxylic acids is 2. The summed E-state index contributed by atoms with van der Waals surface area (Å²) in [5.74, 6) is 0.411. The molecule has 0 saturated carbocycles. The number of Topliss-reactive ketones (excluding diaryl/α,β-unsaturated/α-hetero) is 1. The van der Waals surface area contributed by atoms with Crippen LogP contribution in [0, 0.1) is 0 Å². The van der Waals surface area contributed by atoms with Crippen molar-refractivity contribution in [2.24, 2.45) is 0 Å². The first-order chi connectivity index (χ1) is 8.13. The molecule has 0 spiro atoms. The van der Waals surface area contributed by atoms with Crippen LogP contribution in [0.2, 0.25) is 0 Å². The molecule has 1 aromatic carbocycles. The third kappa shape index (κ3) is 2.35. The Morgan fingerprint density at radius 1 is 1.53 bits per heavy atom. The van der Waals surface area contributed by atoms with Gasteiger partial charge in [-0.05, 0) is 19.1 Å². The first-order valence-electron chi connectivity index (χ1n) is 5.20. The maximum atomic E-state index is 11.8. The molecule has 4 nitrogen and oxygen atoms in total. The highest BCUT2D eigenvalue weighted by atomic mass is 32.2. The average molecular weight is 251 g/mol. The number of carbonyl (C=O) groups is 2. The molecule has 0 fully saturated rings. The largest absolute Gasteiger partial charge is 0.364 e. The summed E-state index contributed by atoms with van der Waals surface area (Å²) in [4.78, 5) is 25.7. The van der Waals surface area contributed by atoms with E-state index in [-0.39, 0.29) is 18.4 Å². The molecule has 0 atom stereocenters. The highest BCUT2D eigenvalue weighted by Gasteiger charge is 2.25. The Kier molecular flexibility index (Phi) is 3.49. The molecule has 1 aliphatic heterocycles. The van der Waals surface area contributed by atoms with Gasteiger partial charge in [-0.1, -0.05) is 6.07 Å². The fourth-order valence-electron chi connectivity index (χ4n) is 1.69.